The maximum absolute atomic E-state index is 2.54. The molecule has 138 valence electrons. The van der Waals surface area contributed by atoms with Crippen LogP contribution in [-0.4, -0.2) is 20.1 Å². The van der Waals surface area contributed by atoms with Gasteiger partial charge in [0.1, 0.15) is 0 Å². The Morgan fingerprint density at radius 2 is 1.26 bits per heavy atom. The Hall–Kier alpha value is -2.74. The molecule has 0 saturated heterocycles. The van der Waals surface area contributed by atoms with Crippen molar-refractivity contribution < 1.29 is 0 Å². The zero-order chi connectivity index (χ0) is 18.5. The number of aryl methyl sites for hydroxylation is 2. The van der Waals surface area contributed by atoms with Crippen LogP contribution in [0.3, 0.4) is 0 Å². The number of rotatable bonds is 6. The summed E-state index contributed by atoms with van der Waals surface area (Å²) in [5.74, 6) is 0. The van der Waals surface area contributed by atoms with E-state index in [4.69, 9.17) is 0 Å². The average Bonchev–Trinajstić information content (AvgIpc) is 2.89. The minimum absolute atomic E-state index is 1.07. The van der Waals surface area contributed by atoms with E-state index < -0.39 is 0 Å². The third-order valence-corrected chi connectivity index (χ3v) is 5.55. The summed E-state index contributed by atoms with van der Waals surface area (Å²) in [6.07, 6.45) is 4.62. The fourth-order valence-corrected chi connectivity index (χ4v) is 4.04. The standard InChI is InChI=1S/C25H28N2/c1-26(23-13-3-2-4-14-23)19-9-10-20-27-24-15-7-5-11-21(24)17-18-22-12-6-8-16-25(22)27/h2-8,11-16H,9-10,17-20H2,1H3. The van der Waals surface area contributed by atoms with Crippen molar-refractivity contribution in [3.8, 4) is 0 Å². The Morgan fingerprint density at radius 1 is 0.704 bits per heavy atom. The Balaban J connectivity index is 1.45. The van der Waals surface area contributed by atoms with Crippen LogP contribution in [0.2, 0.25) is 0 Å². The zero-order valence-corrected chi connectivity index (χ0v) is 16.1. The van der Waals surface area contributed by atoms with Gasteiger partial charge in [-0.25, -0.2) is 0 Å². The molecule has 1 aliphatic rings. The molecule has 1 aliphatic heterocycles. The van der Waals surface area contributed by atoms with Crippen LogP contribution >= 0.6 is 0 Å². The SMILES string of the molecule is CN(CCCCN1c2ccccc2CCc2ccccc21)c1ccccc1. The van der Waals surface area contributed by atoms with E-state index in [1.54, 1.807) is 0 Å². The van der Waals surface area contributed by atoms with Gasteiger partial charge in [-0.3, -0.25) is 0 Å². The lowest BCUT2D eigenvalue weighted by Gasteiger charge is -2.27. The van der Waals surface area contributed by atoms with Gasteiger partial charge in [0, 0.05) is 37.2 Å². The van der Waals surface area contributed by atoms with Crippen molar-refractivity contribution in [3.63, 3.8) is 0 Å². The Labute approximate surface area is 163 Å². The van der Waals surface area contributed by atoms with Gasteiger partial charge in [0.2, 0.25) is 0 Å². The van der Waals surface area contributed by atoms with Crippen LogP contribution < -0.4 is 9.80 Å². The van der Waals surface area contributed by atoms with Gasteiger partial charge in [0.25, 0.3) is 0 Å². The van der Waals surface area contributed by atoms with Gasteiger partial charge in [-0.1, -0.05) is 54.6 Å². The highest BCUT2D eigenvalue weighted by atomic mass is 15.1. The summed E-state index contributed by atoms with van der Waals surface area (Å²) in [6, 6.07) is 28.5. The van der Waals surface area contributed by atoms with Crippen LogP contribution in [0.4, 0.5) is 17.1 Å². The van der Waals surface area contributed by atoms with Crippen LogP contribution in [-0.2, 0) is 12.8 Å². The van der Waals surface area contributed by atoms with Gasteiger partial charge < -0.3 is 9.80 Å². The van der Waals surface area contributed by atoms with Crippen molar-refractivity contribution >= 4 is 17.1 Å². The molecule has 0 aromatic heterocycles. The number of hydrogen-bond donors (Lipinski definition) is 0. The second-order valence-electron chi connectivity index (χ2n) is 7.37. The van der Waals surface area contributed by atoms with Crippen molar-refractivity contribution in [1.82, 2.24) is 0 Å². The van der Waals surface area contributed by atoms with Crippen LogP contribution in [0.15, 0.2) is 78.9 Å². The summed E-state index contributed by atoms with van der Waals surface area (Å²) < 4.78 is 0. The molecule has 3 aromatic rings. The lowest BCUT2D eigenvalue weighted by molar-refractivity contribution is 0.718. The van der Waals surface area contributed by atoms with Crippen LogP contribution in [0.5, 0.6) is 0 Å². The van der Waals surface area contributed by atoms with Crippen LogP contribution in [0, 0.1) is 0 Å². The molecule has 0 radical (unpaired) electrons. The minimum Gasteiger partial charge on any atom is -0.375 e. The first-order chi connectivity index (χ1) is 13.3. The average molecular weight is 357 g/mol. The number of nitrogens with zero attached hydrogens (tertiary/aromatic N) is 2. The first-order valence-corrected chi connectivity index (χ1v) is 10.0. The monoisotopic (exact) mass is 356 g/mol. The lowest BCUT2D eigenvalue weighted by atomic mass is 10.0. The molecule has 0 unspecified atom stereocenters. The molecule has 0 saturated carbocycles. The van der Waals surface area contributed by atoms with Gasteiger partial charge in [0.05, 0.1) is 0 Å². The molecule has 1 heterocycles. The lowest BCUT2D eigenvalue weighted by Crippen LogP contribution is -2.22. The van der Waals surface area contributed by atoms with Crippen molar-refractivity contribution in [3.05, 3.63) is 90.0 Å². The Kier molecular flexibility index (Phi) is 5.43. The van der Waals surface area contributed by atoms with E-state index in [0.29, 0.717) is 0 Å². The molecule has 0 spiro atoms. The molecule has 0 bridgehead atoms. The number of benzene rings is 3. The largest absolute Gasteiger partial charge is 0.375 e. The number of anilines is 3. The molecule has 0 fully saturated rings. The van der Waals surface area contributed by atoms with E-state index in [1.807, 2.05) is 0 Å². The topological polar surface area (TPSA) is 6.48 Å². The van der Waals surface area contributed by atoms with Gasteiger partial charge in [-0.2, -0.15) is 0 Å². The molecule has 4 rings (SSSR count). The van der Waals surface area contributed by atoms with E-state index in [2.05, 4.69) is 95.7 Å². The summed E-state index contributed by atoms with van der Waals surface area (Å²) in [7, 11) is 2.19. The number of hydrogen-bond acceptors (Lipinski definition) is 2. The van der Waals surface area contributed by atoms with Crippen molar-refractivity contribution in [2.45, 2.75) is 25.7 Å². The number of unbranched alkanes of at least 4 members (excludes halogenated alkanes) is 1. The normalized spacial score (nSPS) is 12.9. The molecule has 0 aliphatic carbocycles. The van der Waals surface area contributed by atoms with Crippen LogP contribution in [0.1, 0.15) is 24.0 Å². The van der Waals surface area contributed by atoms with Crippen molar-refractivity contribution in [2.24, 2.45) is 0 Å². The quantitative estimate of drug-likeness (QED) is 0.512. The van der Waals surface area contributed by atoms with Gasteiger partial charge in [-0.05, 0) is 61.1 Å². The highest BCUT2D eigenvalue weighted by Crippen LogP contribution is 2.35. The second kappa shape index (κ2) is 8.30. The summed E-state index contributed by atoms with van der Waals surface area (Å²) >= 11 is 0. The first-order valence-electron chi connectivity index (χ1n) is 10.0. The van der Waals surface area contributed by atoms with Crippen LogP contribution in [0.25, 0.3) is 0 Å². The van der Waals surface area contributed by atoms with Gasteiger partial charge in [-0.15, -0.1) is 0 Å². The predicted octanol–water partition coefficient (Wildman–Crippen LogP) is 5.84. The Morgan fingerprint density at radius 3 is 1.89 bits per heavy atom. The third kappa shape index (κ3) is 4.00. The fourth-order valence-electron chi connectivity index (χ4n) is 4.04. The number of para-hydroxylation sites is 3. The molecular formula is C25H28N2. The third-order valence-electron chi connectivity index (χ3n) is 5.55. The molecule has 0 N–H and O–H groups in total. The van der Waals surface area contributed by atoms with E-state index in [-0.39, 0.29) is 0 Å². The summed E-state index contributed by atoms with van der Waals surface area (Å²) in [5, 5.41) is 0. The van der Waals surface area contributed by atoms with Gasteiger partial charge >= 0.3 is 0 Å². The van der Waals surface area contributed by atoms with Gasteiger partial charge in [0.15, 0.2) is 0 Å². The number of fused-ring (bicyclic) bond motifs is 2. The maximum Gasteiger partial charge on any atom is 0.0443 e. The summed E-state index contributed by atoms with van der Waals surface area (Å²) in [4.78, 5) is 4.89. The maximum atomic E-state index is 2.54. The highest BCUT2D eigenvalue weighted by Gasteiger charge is 2.19. The second-order valence-corrected chi connectivity index (χ2v) is 7.37. The van der Waals surface area contributed by atoms with Crippen molar-refractivity contribution in [2.75, 3.05) is 29.9 Å². The predicted molar refractivity (Wildman–Crippen MR) is 116 cm³/mol. The molecular weight excluding hydrogens is 328 g/mol. The van der Waals surface area contributed by atoms with Crippen molar-refractivity contribution in [1.29, 1.82) is 0 Å². The first kappa shape index (κ1) is 17.7. The summed E-state index contributed by atoms with van der Waals surface area (Å²) in [6.45, 7) is 2.15. The smallest absolute Gasteiger partial charge is 0.0443 e. The molecule has 2 heteroatoms. The fraction of sp³-hybridized carbons (Fsp3) is 0.280. The highest BCUT2D eigenvalue weighted by molar-refractivity contribution is 5.71. The molecule has 0 atom stereocenters. The molecule has 3 aromatic carbocycles. The summed E-state index contributed by atoms with van der Waals surface area (Å²) in [5.41, 5.74) is 7.01. The zero-order valence-electron chi connectivity index (χ0n) is 16.1. The van der Waals surface area contributed by atoms with E-state index in [0.717, 1.165) is 25.9 Å². The van der Waals surface area contributed by atoms with E-state index in [1.165, 1.54) is 41.0 Å². The molecule has 27 heavy (non-hydrogen) atoms. The van der Waals surface area contributed by atoms with E-state index >= 15 is 0 Å². The minimum atomic E-state index is 1.07. The Bertz CT molecular complexity index is 825. The molecule has 0 amide bonds. The van der Waals surface area contributed by atoms with E-state index in [9.17, 15) is 0 Å². The molecule has 2 nitrogen and oxygen atoms in total.